The average molecular weight is 210 g/mol. The fraction of sp³-hybridized carbons (Fsp3) is 0.667. The first-order chi connectivity index (χ1) is 7.11. The number of methoxy groups -OCH3 is 1. The van der Waals surface area contributed by atoms with E-state index in [9.17, 15) is 9.59 Å². The van der Waals surface area contributed by atoms with Crippen molar-refractivity contribution in [3.63, 3.8) is 0 Å². The van der Waals surface area contributed by atoms with Gasteiger partial charge in [-0.2, -0.15) is 0 Å². The van der Waals surface area contributed by atoms with Crippen LogP contribution in [0.5, 0.6) is 0 Å². The van der Waals surface area contributed by atoms with Gasteiger partial charge < -0.3 is 4.74 Å². The molecule has 0 fully saturated rings. The molecule has 1 aliphatic carbocycles. The van der Waals surface area contributed by atoms with Crippen molar-refractivity contribution in [1.82, 2.24) is 0 Å². The van der Waals surface area contributed by atoms with Crippen LogP contribution in [0.3, 0.4) is 0 Å². The molecule has 1 atom stereocenters. The maximum Gasteiger partial charge on any atom is 0.320 e. The molecule has 3 heteroatoms. The second-order valence-electron chi connectivity index (χ2n) is 4.01. The lowest BCUT2D eigenvalue weighted by molar-refractivity contribution is -0.147. The third kappa shape index (κ3) is 2.46. The molecule has 0 heterocycles. The predicted octanol–water partition coefficient (Wildman–Crippen LogP) is 2.26. The molecule has 0 aromatic heterocycles. The minimum Gasteiger partial charge on any atom is -0.468 e. The van der Waals surface area contributed by atoms with Gasteiger partial charge in [0.25, 0.3) is 0 Å². The molecule has 0 aromatic carbocycles. The predicted molar refractivity (Wildman–Crippen MR) is 57.4 cm³/mol. The van der Waals surface area contributed by atoms with Gasteiger partial charge >= 0.3 is 5.97 Å². The Morgan fingerprint density at radius 3 is 2.73 bits per heavy atom. The lowest BCUT2D eigenvalue weighted by atomic mass is 9.95. The standard InChI is InChI=1S/C12H18O3/c1-4-5-6-9-8(2)7-10(13)11(9)12(14)15-3/h11H,4-7H2,1-3H3/t11-/m1/s1. The number of carbonyl (C=O) groups is 2. The molecule has 0 amide bonds. The zero-order valence-electron chi connectivity index (χ0n) is 9.63. The van der Waals surface area contributed by atoms with Crippen LogP contribution < -0.4 is 0 Å². The number of carbonyl (C=O) groups excluding carboxylic acids is 2. The molecule has 0 bridgehead atoms. The molecule has 0 radical (unpaired) electrons. The zero-order chi connectivity index (χ0) is 11.4. The first kappa shape index (κ1) is 12.0. The summed E-state index contributed by atoms with van der Waals surface area (Å²) in [6.45, 7) is 4.03. The van der Waals surface area contributed by atoms with Crippen LogP contribution in [0.25, 0.3) is 0 Å². The van der Waals surface area contributed by atoms with Gasteiger partial charge in [-0.1, -0.05) is 18.9 Å². The summed E-state index contributed by atoms with van der Waals surface area (Å²) in [5, 5.41) is 0. The molecule has 0 aromatic rings. The van der Waals surface area contributed by atoms with Gasteiger partial charge in [0, 0.05) is 6.42 Å². The Labute approximate surface area is 90.5 Å². The van der Waals surface area contributed by atoms with Crippen molar-refractivity contribution < 1.29 is 14.3 Å². The number of ketones is 1. The maximum atomic E-state index is 11.6. The highest BCUT2D eigenvalue weighted by Gasteiger charge is 2.36. The summed E-state index contributed by atoms with van der Waals surface area (Å²) in [4.78, 5) is 23.1. The molecule has 0 unspecified atom stereocenters. The number of Topliss-reactive ketones (excluding diaryl/α,β-unsaturated/α-hetero) is 1. The van der Waals surface area contributed by atoms with E-state index in [0.717, 1.165) is 30.4 Å². The van der Waals surface area contributed by atoms with E-state index in [4.69, 9.17) is 0 Å². The van der Waals surface area contributed by atoms with Gasteiger partial charge in [0.05, 0.1) is 7.11 Å². The Bertz CT molecular complexity index is 302. The van der Waals surface area contributed by atoms with Crippen molar-refractivity contribution in [1.29, 1.82) is 0 Å². The van der Waals surface area contributed by atoms with Crippen LogP contribution in [0.4, 0.5) is 0 Å². The first-order valence-electron chi connectivity index (χ1n) is 5.40. The number of esters is 1. The van der Waals surface area contributed by atoms with Crippen LogP contribution in [0.2, 0.25) is 0 Å². The van der Waals surface area contributed by atoms with Crippen LogP contribution in [0.15, 0.2) is 11.1 Å². The van der Waals surface area contributed by atoms with Crippen LogP contribution in [0, 0.1) is 5.92 Å². The van der Waals surface area contributed by atoms with Crippen LogP contribution in [0.1, 0.15) is 39.5 Å². The summed E-state index contributed by atoms with van der Waals surface area (Å²) < 4.78 is 4.67. The van der Waals surface area contributed by atoms with Crippen LogP contribution in [-0.2, 0) is 14.3 Å². The van der Waals surface area contributed by atoms with E-state index in [2.05, 4.69) is 11.7 Å². The van der Waals surface area contributed by atoms with Crippen molar-refractivity contribution in [3.8, 4) is 0 Å². The van der Waals surface area contributed by atoms with E-state index in [0.29, 0.717) is 6.42 Å². The molecular formula is C12H18O3. The molecule has 0 aliphatic heterocycles. The Morgan fingerprint density at radius 1 is 1.53 bits per heavy atom. The summed E-state index contributed by atoms with van der Waals surface area (Å²) in [6, 6.07) is 0. The molecule has 3 nitrogen and oxygen atoms in total. The number of hydrogen-bond donors (Lipinski definition) is 0. The molecule has 0 spiro atoms. The highest BCUT2D eigenvalue weighted by atomic mass is 16.5. The van der Waals surface area contributed by atoms with Gasteiger partial charge in [-0.15, -0.1) is 0 Å². The Morgan fingerprint density at radius 2 is 2.20 bits per heavy atom. The lowest BCUT2D eigenvalue weighted by Crippen LogP contribution is -2.23. The largest absolute Gasteiger partial charge is 0.468 e. The fourth-order valence-corrected chi connectivity index (χ4v) is 2.03. The van der Waals surface area contributed by atoms with Gasteiger partial charge in [0.1, 0.15) is 5.92 Å². The van der Waals surface area contributed by atoms with E-state index in [-0.39, 0.29) is 5.78 Å². The number of rotatable bonds is 4. The van der Waals surface area contributed by atoms with E-state index < -0.39 is 11.9 Å². The molecule has 15 heavy (non-hydrogen) atoms. The number of hydrogen-bond acceptors (Lipinski definition) is 3. The highest BCUT2D eigenvalue weighted by molar-refractivity contribution is 6.05. The Kier molecular flexibility index (Phi) is 4.06. The number of allylic oxidation sites excluding steroid dienone is 1. The number of unbranched alkanes of at least 4 members (excludes halogenated alkanes) is 1. The summed E-state index contributed by atoms with van der Waals surface area (Å²) >= 11 is 0. The molecular weight excluding hydrogens is 192 g/mol. The normalized spacial score (nSPS) is 21.0. The van der Waals surface area contributed by atoms with Gasteiger partial charge in [-0.3, -0.25) is 9.59 Å². The quantitative estimate of drug-likeness (QED) is 0.406. The summed E-state index contributed by atoms with van der Waals surface area (Å²) in [6.07, 6.45) is 3.35. The third-order valence-electron chi connectivity index (χ3n) is 2.89. The Hall–Kier alpha value is -1.12. The molecule has 0 saturated carbocycles. The first-order valence-corrected chi connectivity index (χ1v) is 5.40. The van der Waals surface area contributed by atoms with E-state index in [1.807, 2.05) is 6.92 Å². The second kappa shape index (κ2) is 5.10. The Balaban J connectivity index is 2.82. The van der Waals surface area contributed by atoms with Gasteiger partial charge in [0.2, 0.25) is 0 Å². The van der Waals surface area contributed by atoms with Crippen molar-refractivity contribution in [2.45, 2.75) is 39.5 Å². The van der Waals surface area contributed by atoms with Gasteiger partial charge in [0.15, 0.2) is 5.78 Å². The summed E-state index contributed by atoms with van der Waals surface area (Å²) in [7, 11) is 1.33. The maximum absolute atomic E-state index is 11.6. The molecule has 1 rings (SSSR count). The van der Waals surface area contributed by atoms with E-state index in [1.54, 1.807) is 0 Å². The van der Waals surface area contributed by atoms with Crippen LogP contribution in [-0.4, -0.2) is 18.9 Å². The monoisotopic (exact) mass is 210 g/mol. The highest BCUT2D eigenvalue weighted by Crippen LogP contribution is 2.33. The molecule has 84 valence electrons. The number of ether oxygens (including phenoxy) is 1. The average Bonchev–Trinajstić information content (AvgIpc) is 2.49. The van der Waals surface area contributed by atoms with Gasteiger partial charge in [-0.05, 0) is 25.3 Å². The van der Waals surface area contributed by atoms with Crippen molar-refractivity contribution >= 4 is 11.8 Å². The van der Waals surface area contributed by atoms with E-state index >= 15 is 0 Å². The second-order valence-corrected chi connectivity index (χ2v) is 4.01. The summed E-state index contributed by atoms with van der Waals surface area (Å²) in [5.41, 5.74) is 2.05. The lowest BCUT2D eigenvalue weighted by Gasteiger charge is -2.11. The third-order valence-corrected chi connectivity index (χ3v) is 2.89. The smallest absolute Gasteiger partial charge is 0.320 e. The van der Waals surface area contributed by atoms with E-state index in [1.165, 1.54) is 7.11 Å². The summed E-state index contributed by atoms with van der Waals surface area (Å²) in [5.74, 6) is -1.02. The zero-order valence-corrected chi connectivity index (χ0v) is 9.63. The molecule has 0 saturated heterocycles. The SMILES string of the molecule is CCCCC1=C(C)CC(=O)[C@@H]1C(=O)OC. The molecule has 1 aliphatic rings. The van der Waals surface area contributed by atoms with Crippen molar-refractivity contribution in [2.24, 2.45) is 5.92 Å². The van der Waals surface area contributed by atoms with Crippen molar-refractivity contribution in [2.75, 3.05) is 7.11 Å². The minimum atomic E-state index is -0.610. The minimum absolute atomic E-state index is 0.00884. The van der Waals surface area contributed by atoms with Crippen LogP contribution >= 0.6 is 0 Å². The topological polar surface area (TPSA) is 43.4 Å². The van der Waals surface area contributed by atoms with Crippen molar-refractivity contribution in [3.05, 3.63) is 11.1 Å². The molecule has 0 N–H and O–H groups in total. The van der Waals surface area contributed by atoms with Gasteiger partial charge in [-0.25, -0.2) is 0 Å². The fourth-order valence-electron chi connectivity index (χ4n) is 2.03.